The molecule has 1 aromatic rings. The summed E-state index contributed by atoms with van der Waals surface area (Å²) >= 11 is 0. The van der Waals surface area contributed by atoms with Crippen molar-refractivity contribution >= 4 is 29.5 Å². The molecule has 0 aliphatic carbocycles. The maximum Gasteiger partial charge on any atom is 0.247 e. The molecule has 0 radical (unpaired) electrons. The van der Waals surface area contributed by atoms with E-state index >= 15 is 0 Å². The molecular weight excluding hydrogens is 306 g/mol. The average molecular weight is 329 g/mol. The lowest BCUT2D eigenvalue weighted by Crippen LogP contribution is -2.58. The zero-order valence-corrected chi connectivity index (χ0v) is 14.2. The zero-order chi connectivity index (χ0) is 17.7. The van der Waals surface area contributed by atoms with Gasteiger partial charge in [-0.3, -0.25) is 14.4 Å². The summed E-state index contributed by atoms with van der Waals surface area (Å²) in [5.41, 5.74) is 1.55. The number of carbonyl (C=O) groups excluding carboxylic acids is 3. The highest BCUT2D eigenvalue weighted by atomic mass is 16.2. The van der Waals surface area contributed by atoms with Gasteiger partial charge in [-0.05, 0) is 29.7 Å². The van der Waals surface area contributed by atoms with E-state index in [0.717, 1.165) is 5.56 Å². The van der Waals surface area contributed by atoms with Gasteiger partial charge in [-0.25, -0.2) is 0 Å². The van der Waals surface area contributed by atoms with Gasteiger partial charge in [0.1, 0.15) is 6.04 Å². The standard InChI is InChI=1S/C18H23N3O3/c1-12(2)17-18(24)19-10-11-21(17)16(23)9-6-14-4-7-15(8-5-14)20-13(3)22/h4-9,12,17H,10-11H2,1-3H3,(H,19,24)(H,20,22)/b9-6+. The lowest BCUT2D eigenvalue weighted by molar-refractivity contribution is -0.141. The summed E-state index contributed by atoms with van der Waals surface area (Å²) in [4.78, 5) is 37.0. The van der Waals surface area contributed by atoms with Crippen molar-refractivity contribution in [3.8, 4) is 0 Å². The molecule has 24 heavy (non-hydrogen) atoms. The van der Waals surface area contributed by atoms with Crippen molar-refractivity contribution in [1.29, 1.82) is 0 Å². The molecule has 1 fully saturated rings. The van der Waals surface area contributed by atoms with Crippen LogP contribution in [0.15, 0.2) is 30.3 Å². The normalized spacial score (nSPS) is 17.9. The first-order chi connectivity index (χ1) is 11.4. The van der Waals surface area contributed by atoms with Gasteiger partial charge in [0.05, 0.1) is 0 Å². The minimum Gasteiger partial charge on any atom is -0.353 e. The first-order valence-corrected chi connectivity index (χ1v) is 8.02. The van der Waals surface area contributed by atoms with Crippen molar-refractivity contribution < 1.29 is 14.4 Å². The molecule has 6 nitrogen and oxygen atoms in total. The Labute approximate surface area is 141 Å². The van der Waals surface area contributed by atoms with Crippen LogP contribution in [0.5, 0.6) is 0 Å². The van der Waals surface area contributed by atoms with E-state index in [1.807, 2.05) is 26.0 Å². The van der Waals surface area contributed by atoms with Crippen molar-refractivity contribution in [3.05, 3.63) is 35.9 Å². The Morgan fingerprint density at radius 2 is 1.96 bits per heavy atom. The minimum absolute atomic E-state index is 0.0552. The number of nitrogens with one attached hydrogen (secondary N) is 2. The van der Waals surface area contributed by atoms with Crippen LogP contribution in [0, 0.1) is 5.92 Å². The molecule has 0 bridgehead atoms. The van der Waals surface area contributed by atoms with E-state index in [1.165, 1.54) is 13.0 Å². The van der Waals surface area contributed by atoms with Gasteiger partial charge in [0.2, 0.25) is 17.7 Å². The Hall–Kier alpha value is -2.63. The second-order valence-electron chi connectivity index (χ2n) is 6.15. The maximum atomic E-state index is 12.4. The summed E-state index contributed by atoms with van der Waals surface area (Å²) < 4.78 is 0. The number of anilines is 1. The van der Waals surface area contributed by atoms with E-state index < -0.39 is 6.04 Å². The number of hydrogen-bond acceptors (Lipinski definition) is 3. The molecule has 1 heterocycles. The number of hydrogen-bond donors (Lipinski definition) is 2. The van der Waals surface area contributed by atoms with E-state index in [0.29, 0.717) is 18.8 Å². The predicted octanol–water partition coefficient (Wildman–Crippen LogP) is 1.64. The Bertz CT molecular complexity index is 650. The van der Waals surface area contributed by atoms with Gasteiger partial charge in [-0.2, -0.15) is 0 Å². The second kappa shape index (κ2) is 7.77. The van der Waals surface area contributed by atoms with Crippen LogP contribution in [0.2, 0.25) is 0 Å². The fraction of sp³-hybridized carbons (Fsp3) is 0.389. The fourth-order valence-electron chi connectivity index (χ4n) is 2.74. The molecule has 2 N–H and O–H groups in total. The van der Waals surface area contributed by atoms with E-state index in [-0.39, 0.29) is 23.6 Å². The number of piperazine rings is 1. The van der Waals surface area contributed by atoms with Crippen LogP contribution in [-0.4, -0.2) is 41.8 Å². The molecule has 0 aromatic heterocycles. The number of rotatable bonds is 4. The van der Waals surface area contributed by atoms with Crippen molar-refractivity contribution in [2.24, 2.45) is 5.92 Å². The molecule has 0 spiro atoms. The van der Waals surface area contributed by atoms with E-state index in [1.54, 1.807) is 23.1 Å². The molecule has 128 valence electrons. The molecule has 1 atom stereocenters. The first-order valence-electron chi connectivity index (χ1n) is 8.02. The largest absolute Gasteiger partial charge is 0.353 e. The van der Waals surface area contributed by atoms with Gasteiger partial charge >= 0.3 is 0 Å². The van der Waals surface area contributed by atoms with Gasteiger partial charge in [0.25, 0.3) is 0 Å². The quantitative estimate of drug-likeness (QED) is 0.824. The molecule has 1 saturated heterocycles. The van der Waals surface area contributed by atoms with E-state index in [9.17, 15) is 14.4 Å². The van der Waals surface area contributed by atoms with Crippen LogP contribution in [0.4, 0.5) is 5.69 Å². The molecular formula is C18H23N3O3. The average Bonchev–Trinajstić information content (AvgIpc) is 2.52. The minimum atomic E-state index is -0.432. The lowest BCUT2D eigenvalue weighted by Gasteiger charge is -2.36. The van der Waals surface area contributed by atoms with Gasteiger partial charge in [-0.15, -0.1) is 0 Å². The summed E-state index contributed by atoms with van der Waals surface area (Å²) in [6.07, 6.45) is 3.20. The molecule has 0 saturated carbocycles. The van der Waals surface area contributed by atoms with Crippen LogP contribution < -0.4 is 10.6 Å². The Morgan fingerprint density at radius 1 is 1.29 bits per heavy atom. The van der Waals surface area contributed by atoms with E-state index in [4.69, 9.17) is 0 Å². The van der Waals surface area contributed by atoms with Crippen molar-refractivity contribution in [2.75, 3.05) is 18.4 Å². The highest BCUT2D eigenvalue weighted by Crippen LogP contribution is 2.16. The maximum absolute atomic E-state index is 12.4. The van der Waals surface area contributed by atoms with Crippen molar-refractivity contribution in [2.45, 2.75) is 26.8 Å². The number of nitrogens with zero attached hydrogens (tertiary/aromatic N) is 1. The van der Waals surface area contributed by atoms with Crippen LogP contribution in [-0.2, 0) is 14.4 Å². The summed E-state index contributed by atoms with van der Waals surface area (Å²) in [6, 6.07) is 6.75. The van der Waals surface area contributed by atoms with Gasteiger partial charge in [0, 0.05) is 31.8 Å². The Balaban J connectivity index is 2.06. The SMILES string of the molecule is CC(=O)Nc1ccc(/C=C/C(=O)N2CCNC(=O)C2C(C)C)cc1. The molecule has 1 aliphatic rings. The number of carbonyl (C=O) groups is 3. The van der Waals surface area contributed by atoms with Gasteiger partial charge in [0.15, 0.2) is 0 Å². The smallest absolute Gasteiger partial charge is 0.247 e. The third-order valence-corrected chi connectivity index (χ3v) is 3.82. The third kappa shape index (κ3) is 4.44. The van der Waals surface area contributed by atoms with Crippen molar-refractivity contribution in [3.63, 3.8) is 0 Å². The lowest BCUT2D eigenvalue weighted by atomic mass is 9.99. The molecule has 6 heteroatoms. The summed E-state index contributed by atoms with van der Waals surface area (Å²) in [6.45, 7) is 6.30. The summed E-state index contributed by atoms with van der Waals surface area (Å²) in [5, 5.41) is 5.49. The predicted molar refractivity (Wildman–Crippen MR) is 93.1 cm³/mol. The topological polar surface area (TPSA) is 78.5 Å². The van der Waals surface area contributed by atoms with E-state index in [2.05, 4.69) is 10.6 Å². The molecule has 1 unspecified atom stereocenters. The molecule has 1 aliphatic heterocycles. The molecule has 1 aromatic carbocycles. The summed E-state index contributed by atoms with van der Waals surface area (Å²) in [7, 11) is 0. The summed E-state index contributed by atoms with van der Waals surface area (Å²) in [5.74, 6) is -0.344. The monoisotopic (exact) mass is 329 g/mol. The number of benzene rings is 1. The second-order valence-corrected chi connectivity index (χ2v) is 6.15. The van der Waals surface area contributed by atoms with Gasteiger partial charge in [-0.1, -0.05) is 26.0 Å². The highest BCUT2D eigenvalue weighted by molar-refractivity contribution is 5.96. The van der Waals surface area contributed by atoms with Crippen LogP contribution in [0.25, 0.3) is 6.08 Å². The Kier molecular flexibility index (Phi) is 5.73. The van der Waals surface area contributed by atoms with Crippen molar-refractivity contribution in [1.82, 2.24) is 10.2 Å². The van der Waals surface area contributed by atoms with Crippen LogP contribution in [0.3, 0.4) is 0 Å². The third-order valence-electron chi connectivity index (χ3n) is 3.82. The van der Waals surface area contributed by atoms with Crippen LogP contribution in [0.1, 0.15) is 26.3 Å². The number of amides is 3. The van der Waals surface area contributed by atoms with Crippen LogP contribution >= 0.6 is 0 Å². The highest BCUT2D eigenvalue weighted by Gasteiger charge is 2.34. The fourth-order valence-corrected chi connectivity index (χ4v) is 2.74. The first kappa shape index (κ1) is 17.7. The Morgan fingerprint density at radius 3 is 2.54 bits per heavy atom. The van der Waals surface area contributed by atoms with Gasteiger partial charge < -0.3 is 15.5 Å². The molecule has 2 rings (SSSR count). The molecule has 3 amide bonds. The zero-order valence-electron chi connectivity index (χ0n) is 14.2.